The second-order valence-corrected chi connectivity index (χ2v) is 6.24. The molecule has 0 unspecified atom stereocenters. The Morgan fingerprint density at radius 2 is 2.17 bits per heavy atom. The van der Waals surface area contributed by atoms with E-state index in [2.05, 4.69) is 15.6 Å². The van der Waals surface area contributed by atoms with Crippen LogP contribution in [0.1, 0.15) is 16.1 Å². The molecule has 23 heavy (non-hydrogen) atoms. The molecule has 0 aliphatic heterocycles. The van der Waals surface area contributed by atoms with Crippen LogP contribution in [0.3, 0.4) is 0 Å². The first-order chi connectivity index (χ1) is 11.1. The maximum Gasteiger partial charge on any atom is 0.319 e. The second-order valence-electron chi connectivity index (χ2n) is 5.21. The molecule has 5 nitrogen and oxygen atoms in total. The smallest absolute Gasteiger partial charge is 0.319 e. The number of anilines is 1. The van der Waals surface area contributed by atoms with Gasteiger partial charge in [0.1, 0.15) is 6.26 Å². The summed E-state index contributed by atoms with van der Waals surface area (Å²) in [6.07, 6.45) is 1.61. The lowest BCUT2D eigenvalue weighted by atomic mass is 10.1. The van der Waals surface area contributed by atoms with Gasteiger partial charge in [-0.1, -0.05) is 12.1 Å². The van der Waals surface area contributed by atoms with Crippen molar-refractivity contribution in [2.75, 3.05) is 5.32 Å². The Balaban J connectivity index is 1.70. The molecule has 0 atom stereocenters. The van der Waals surface area contributed by atoms with Crippen LogP contribution in [0.25, 0.3) is 11.5 Å². The molecule has 3 aromatic rings. The highest BCUT2D eigenvalue weighted by molar-refractivity contribution is 7.09. The molecule has 6 heteroatoms. The van der Waals surface area contributed by atoms with Gasteiger partial charge in [0.05, 0.1) is 12.2 Å². The molecule has 0 radical (unpaired) electrons. The largest absolute Gasteiger partial charge is 0.444 e. The predicted molar refractivity (Wildman–Crippen MR) is 91.6 cm³/mol. The van der Waals surface area contributed by atoms with Crippen LogP contribution < -0.4 is 10.6 Å². The lowest BCUT2D eigenvalue weighted by Gasteiger charge is -2.10. The molecule has 3 rings (SSSR count). The standard InChI is InChI=1S/C17H17N3O2S/c1-11-5-6-13(16-19-12(2)10-22-16)8-15(11)20-17(21)18-9-14-4-3-7-23-14/h3-8,10H,9H2,1-2H3,(H2,18,20,21). The number of hydrogen-bond donors (Lipinski definition) is 2. The van der Waals surface area contributed by atoms with Crippen LogP contribution in [0, 0.1) is 13.8 Å². The molecule has 2 N–H and O–H groups in total. The minimum atomic E-state index is -0.234. The Hall–Kier alpha value is -2.60. The van der Waals surface area contributed by atoms with Crippen LogP contribution in [0.5, 0.6) is 0 Å². The number of oxazole rings is 1. The van der Waals surface area contributed by atoms with Crippen molar-refractivity contribution in [3.05, 3.63) is 58.1 Å². The van der Waals surface area contributed by atoms with E-state index in [1.54, 1.807) is 17.6 Å². The first-order valence-electron chi connectivity index (χ1n) is 7.22. The molecule has 2 amide bonds. The van der Waals surface area contributed by atoms with Gasteiger partial charge < -0.3 is 15.1 Å². The maximum absolute atomic E-state index is 12.1. The molecule has 0 bridgehead atoms. The Kier molecular flexibility index (Phi) is 4.43. The van der Waals surface area contributed by atoms with Gasteiger partial charge in [-0.2, -0.15) is 0 Å². The number of amides is 2. The predicted octanol–water partition coefficient (Wildman–Crippen LogP) is 4.34. The minimum Gasteiger partial charge on any atom is -0.444 e. The third kappa shape index (κ3) is 3.78. The van der Waals surface area contributed by atoms with Crippen molar-refractivity contribution in [2.45, 2.75) is 20.4 Å². The van der Waals surface area contributed by atoms with Gasteiger partial charge in [-0.05, 0) is 43.0 Å². The molecule has 0 aliphatic carbocycles. The minimum absolute atomic E-state index is 0.234. The molecular weight excluding hydrogens is 310 g/mol. The summed E-state index contributed by atoms with van der Waals surface area (Å²) in [5.74, 6) is 0.546. The Labute approximate surface area is 138 Å². The Bertz CT molecular complexity index is 809. The fraction of sp³-hybridized carbons (Fsp3) is 0.176. The van der Waals surface area contributed by atoms with Crippen LogP contribution in [0.15, 0.2) is 46.4 Å². The van der Waals surface area contributed by atoms with Crippen molar-refractivity contribution in [3.63, 3.8) is 0 Å². The van der Waals surface area contributed by atoms with Crippen molar-refractivity contribution in [2.24, 2.45) is 0 Å². The average molecular weight is 327 g/mol. The topological polar surface area (TPSA) is 67.2 Å². The molecule has 0 fully saturated rings. The van der Waals surface area contributed by atoms with E-state index in [-0.39, 0.29) is 6.03 Å². The quantitative estimate of drug-likeness (QED) is 0.749. The number of aromatic nitrogens is 1. The molecule has 118 valence electrons. The van der Waals surface area contributed by atoms with Crippen LogP contribution in [0.4, 0.5) is 10.5 Å². The SMILES string of the molecule is Cc1coc(-c2ccc(C)c(NC(=O)NCc3cccs3)c2)n1. The van der Waals surface area contributed by atoms with Gasteiger partial charge in [-0.25, -0.2) is 9.78 Å². The monoisotopic (exact) mass is 327 g/mol. The number of carbonyl (C=O) groups excluding carboxylic acids is 1. The molecule has 0 saturated carbocycles. The summed E-state index contributed by atoms with van der Waals surface area (Å²) >= 11 is 1.61. The Morgan fingerprint density at radius 1 is 1.30 bits per heavy atom. The zero-order valence-electron chi connectivity index (χ0n) is 12.9. The van der Waals surface area contributed by atoms with Crippen molar-refractivity contribution < 1.29 is 9.21 Å². The van der Waals surface area contributed by atoms with E-state index in [1.807, 2.05) is 49.6 Å². The summed E-state index contributed by atoms with van der Waals surface area (Å²) < 4.78 is 5.41. The van der Waals surface area contributed by atoms with E-state index in [0.29, 0.717) is 12.4 Å². The lowest BCUT2D eigenvalue weighted by Crippen LogP contribution is -2.28. The molecule has 0 spiro atoms. The fourth-order valence-electron chi connectivity index (χ4n) is 2.12. The van der Waals surface area contributed by atoms with E-state index in [1.165, 1.54) is 0 Å². The van der Waals surface area contributed by atoms with Gasteiger partial charge in [-0.3, -0.25) is 0 Å². The van der Waals surface area contributed by atoms with Crippen molar-refractivity contribution in [1.82, 2.24) is 10.3 Å². The number of nitrogens with zero attached hydrogens (tertiary/aromatic N) is 1. The van der Waals surface area contributed by atoms with Gasteiger partial charge >= 0.3 is 6.03 Å². The summed E-state index contributed by atoms with van der Waals surface area (Å²) in [7, 11) is 0. The second kappa shape index (κ2) is 6.66. The van der Waals surface area contributed by atoms with E-state index in [0.717, 1.165) is 27.4 Å². The van der Waals surface area contributed by atoms with Crippen LogP contribution in [-0.4, -0.2) is 11.0 Å². The summed E-state index contributed by atoms with van der Waals surface area (Å²) in [5.41, 5.74) is 3.37. The third-order valence-electron chi connectivity index (χ3n) is 3.36. The number of carbonyl (C=O) groups is 1. The number of urea groups is 1. The van der Waals surface area contributed by atoms with Crippen molar-refractivity contribution >= 4 is 23.1 Å². The summed E-state index contributed by atoms with van der Waals surface area (Å²) in [5, 5.41) is 7.71. The van der Waals surface area contributed by atoms with Crippen LogP contribution >= 0.6 is 11.3 Å². The van der Waals surface area contributed by atoms with Crippen LogP contribution in [0.2, 0.25) is 0 Å². The average Bonchev–Trinajstić information content (AvgIpc) is 3.19. The molecule has 0 aliphatic rings. The normalized spacial score (nSPS) is 10.5. The number of aryl methyl sites for hydroxylation is 2. The first kappa shape index (κ1) is 15.3. The zero-order valence-corrected chi connectivity index (χ0v) is 13.7. The Morgan fingerprint density at radius 3 is 2.87 bits per heavy atom. The number of hydrogen-bond acceptors (Lipinski definition) is 4. The first-order valence-corrected chi connectivity index (χ1v) is 8.10. The number of thiophene rings is 1. The highest BCUT2D eigenvalue weighted by atomic mass is 32.1. The third-order valence-corrected chi connectivity index (χ3v) is 4.23. The molecule has 2 aromatic heterocycles. The van der Waals surface area contributed by atoms with Crippen molar-refractivity contribution in [1.29, 1.82) is 0 Å². The lowest BCUT2D eigenvalue weighted by molar-refractivity contribution is 0.252. The van der Waals surface area contributed by atoms with E-state index in [9.17, 15) is 4.79 Å². The summed E-state index contributed by atoms with van der Waals surface area (Å²) in [4.78, 5) is 17.5. The van der Waals surface area contributed by atoms with E-state index < -0.39 is 0 Å². The zero-order chi connectivity index (χ0) is 16.2. The fourth-order valence-corrected chi connectivity index (χ4v) is 2.77. The van der Waals surface area contributed by atoms with E-state index >= 15 is 0 Å². The molecule has 1 aromatic carbocycles. The maximum atomic E-state index is 12.1. The summed E-state index contributed by atoms with van der Waals surface area (Å²) in [6, 6.07) is 9.44. The van der Waals surface area contributed by atoms with Gasteiger partial charge in [0.15, 0.2) is 0 Å². The highest BCUT2D eigenvalue weighted by Gasteiger charge is 2.09. The number of benzene rings is 1. The molecule has 0 saturated heterocycles. The van der Waals surface area contributed by atoms with Gasteiger partial charge in [0.25, 0.3) is 0 Å². The van der Waals surface area contributed by atoms with Crippen LogP contribution in [-0.2, 0) is 6.54 Å². The molecule has 2 heterocycles. The van der Waals surface area contributed by atoms with Gasteiger partial charge in [0.2, 0.25) is 5.89 Å². The van der Waals surface area contributed by atoms with E-state index in [4.69, 9.17) is 4.42 Å². The van der Waals surface area contributed by atoms with Gasteiger partial charge in [0, 0.05) is 16.1 Å². The molecular formula is C17H17N3O2S. The van der Waals surface area contributed by atoms with Crippen molar-refractivity contribution in [3.8, 4) is 11.5 Å². The number of nitrogens with one attached hydrogen (secondary N) is 2. The summed E-state index contributed by atoms with van der Waals surface area (Å²) in [6.45, 7) is 4.33. The van der Waals surface area contributed by atoms with Gasteiger partial charge in [-0.15, -0.1) is 11.3 Å². The number of rotatable bonds is 4. The highest BCUT2D eigenvalue weighted by Crippen LogP contribution is 2.25.